The van der Waals surface area contributed by atoms with Gasteiger partial charge >= 0.3 is 0 Å². The molecule has 0 aliphatic rings. The minimum atomic E-state index is -0.381. The standard InChI is InChI=1S/C6H13NOS/c1-4(2)6(8)5(7)3-9/h4-5,9H,3,7H2,1-2H3/t5-/m0/s1. The van der Waals surface area contributed by atoms with Gasteiger partial charge in [-0.1, -0.05) is 13.8 Å². The predicted octanol–water partition coefficient (Wildman–Crippen LogP) is 0.469. The van der Waals surface area contributed by atoms with E-state index in [1.807, 2.05) is 13.8 Å². The quantitative estimate of drug-likeness (QED) is 0.570. The number of rotatable bonds is 3. The van der Waals surface area contributed by atoms with Gasteiger partial charge in [0, 0.05) is 11.7 Å². The predicted molar refractivity (Wildman–Crippen MR) is 41.7 cm³/mol. The largest absolute Gasteiger partial charge is 0.321 e. The van der Waals surface area contributed by atoms with Crippen LogP contribution >= 0.6 is 12.6 Å². The molecule has 0 saturated heterocycles. The Kier molecular flexibility index (Phi) is 3.89. The summed E-state index contributed by atoms with van der Waals surface area (Å²) >= 11 is 3.90. The molecular weight excluding hydrogens is 134 g/mol. The van der Waals surface area contributed by atoms with Crippen molar-refractivity contribution in [3.8, 4) is 0 Å². The molecule has 9 heavy (non-hydrogen) atoms. The molecule has 2 nitrogen and oxygen atoms in total. The molecule has 0 bridgehead atoms. The van der Waals surface area contributed by atoms with Gasteiger partial charge in [-0.25, -0.2) is 0 Å². The molecule has 54 valence electrons. The van der Waals surface area contributed by atoms with Crippen LogP contribution in [-0.4, -0.2) is 17.6 Å². The summed E-state index contributed by atoms with van der Waals surface area (Å²) in [7, 11) is 0. The molecule has 0 saturated carbocycles. The van der Waals surface area contributed by atoms with E-state index in [0.29, 0.717) is 5.75 Å². The number of thiol groups is 1. The molecule has 0 amide bonds. The smallest absolute Gasteiger partial charge is 0.152 e. The van der Waals surface area contributed by atoms with E-state index in [2.05, 4.69) is 12.6 Å². The molecular formula is C6H13NOS. The minimum Gasteiger partial charge on any atom is -0.321 e. The van der Waals surface area contributed by atoms with E-state index < -0.39 is 0 Å². The maximum atomic E-state index is 10.9. The van der Waals surface area contributed by atoms with Gasteiger partial charge in [-0.15, -0.1) is 0 Å². The van der Waals surface area contributed by atoms with Crippen LogP contribution in [0.25, 0.3) is 0 Å². The van der Waals surface area contributed by atoms with Gasteiger partial charge in [-0.05, 0) is 0 Å². The van der Waals surface area contributed by atoms with E-state index in [1.165, 1.54) is 0 Å². The van der Waals surface area contributed by atoms with E-state index >= 15 is 0 Å². The molecule has 0 radical (unpaired) electrons. The normalized spacial score (nSPS) is 13.9. The fourth-order valence-electron chi connectivity index (χ4n) is 0.518. The van der Waals surface area contributed by atoms with Crippen molar-refractivity contribution in [3.63, 3.8) is 0 Å². The Balaban J connectivity index is 3.73. The number of carbonyl (C=O) groups is 1. The molecule has 0 rings (SSSR count). The van der Waals surface area contributed by atoms with Crippen molar-refractivity contribution >= 4 is 18.4 Å². The average molecular weight is 147 g/mol. The van der Waals surface area contributed by atoms with E-state index in [1.54, 1.807) is 0 Å². The van der Waals surface area contributed by atoms with Crippen molar-refractivity contribution in [2.24, 2.45) is 11.7 Å². The van der Waals surface area contributed by atoms with Gasteiger partial charge in [0.2, 0.25) is 0 Å². The molecule has 0 heterocycles. The number of nitrogens with two attached hydrogens (primary N) is 1. The number of ketones is 1. The third-order valence-corrected chi connectivity index (χ3v) is 1.52. The van der Waals surface area contributed by atoms with E-state index in [0.717, 1.165) is 0 Å². The molecule has 0 aliphatic carbocycles. The summed E-state index contributed by atoms with van der Waals surface area (Å²) in [5.41, 5.74) is 5.39. The van der Waals surface area contributed by atoms with Crippen LogP contribution in [0.1, 0.15) is 13.8 Å². The van der Waals surface area contributed by atoms with Gasteiger partial charge < -0.3 is 5.73 Å². The fraction of sp³-hybridized carbons (Fsp3) is 0.833. The maximum absolute atomic E-state index is 10.9. The molecule has 1 atom stereocenters. The van der Waals surface area contributed by atoms with E-state index in [-0.39, 0.29) is 17.7 Å². The highest BCUT2D eigenvalue weighted by molar-refractivity contribution is 7.80. The average Bonchev–Trinajstić information content (AvgIpc) is 1.84. The van der Waals surface area contributed by atoms with Gasteiger partial charge in [0.15, 0.2) is 5.78 Å². The fourth-order valence-corrected chi connectivity index (χ4v) is 0.698. The van der Waals surface area contributed by atoms with Crippen molar-refractivity contribution in [2.45, 2.75) is 19.9 Å². The first kappa shape index (κ1) is 8.98. The van der Waals surface area contributed by atoms with E-state index in [4.69, 9.17) is 5.73 Å². The summed E-state index contributed by atoms with van der Waals surface area (Å²) in [5, 5.41) is 0. The molecule has 0 aromatic rings. The van der Waals surface area contributed by atoms with Crippen LogP contribution in [0.2, 0.25) is 0 Å². The van der Waals surface area contributed by atoms with Crippen LogP contribution in [-0.2, 0) is 4.79 Å². The minimum absolute atomic E-state index is 0.0344. The molecule has 0 spiro atoms. The molecule has 0 aromatic carbocycles. The Morgan fingerprint density at radius 2 is 2.11 bits per heavy atom. The topological polar surface area (TPSA) is 43.1 Å². The first-order chi connectivity index (χ1) is 4.09. The SMILES string of the molecule is CC(C)C(=O)[C@@H](N)CS. The van der Waals surface area contributed by atoms with Gasteiger partial charge in [-0.2, -0.15) is 12.6 Å². The first-order valence-electron chi connectivity index (χ1n) is 2.99. The lowest BCUT2D eigenvalue weighted by molar-refractivity contribution is -0.122. The number of hydrogen-bond acceptors (Lipinski definition) is 3. The highest BCUT2D eigenvalue weighted by Gasteiger charge is 2.14. The van der Waals surface area contributed by atoms with Gasteiger partial charge in [0.05, 0.1) is 6.04 Å². The molecule has 0 unspecified atom stereocenters. The van der Waals surface area contributed by atoms with Crippen LogP contribution in [0.4, 0.5) is 0 Å². The summed E-state index contributed by atoms with van der Waals surface area (Å²) in [6.07, 6.45) is 0. The second-order valence-electron chi connectivity index (χ2n) is 2.35. The van der Waals surface area contributed by atoms with Crippen molar-refractivity contribution in [3.05, 3.63) is 0 Å². The second kappa shape index (κ2) is 3.90. The van der Waals surface area contributed by atoms with Gasteiger partial charge in [0.25, 0.3) is 0 Å². The Morgan fingerprint density at radius 3 is 2.22 bits per heavy atom. The molecule has 0 fully saturated rings. The summed E-state index contributed by atoms with van der Waals surface area (Å²) in [5.74, 6) is 0.564. The molecule has 0 aliphatic heterocycles. The zero-order chi connectivity index (χ0) is 7.44. The van der Waals surface area contributed by atoms with Crippen LogP contribution in [0.5, 0.6) is 0 Å². The summed E-state index contributed by atoms with van der Waals surface area (Å²) in [6, 6.07) is -0.381. The third kappa shape index (κ3) is 2.87. The van der Waals surface area contributed by atoms with Crippen LogP contribution < -0.4 is 5.73 Å². The Morgan fingerprint density at radius 1 is 1.67 bits per heavy atom. The monoisotopic (exact) mass is 147 g/mol. The zero-order valence-electron chi connectivity index (χ0n) is 5.79. The highest BCUT2D eigenvalue weighted by Crippen LogP contribution is 1.98. The lowest BCUT2D eigenvalue weighted by Crippen LogP contribution is -2.35. The van der Waals surface area contributed by atoms with Crippen molar-refractivity contribution in [2.75, 3.05) is 5.75 Å². The third-order valence-electron chi connectivity index (χ3n) is 1.13. The van der Waals surface area contributed by atoms with Crippen molar-refractivity contribution in [1.29, 1.82) is 0 Å². The Hall–Kier alpha value is -0.0200. The van der Waals surface area contributed by atoms with Crippen molar-refractivity contribution < 1.29 is 4.79 Å². The second-order valence-corrected chi connectivity index (χ2v) is 2.71. The van der Waals surface area contributed by atoms with E-state index in [9.17, 15) is 4.79 Å². The first-order valence-corrected chi connectivity index (χ1v) is 3.63. The summed E-state index contributed by atoms with van der Waals surface area (Å²) in [4.78, 5) is 10.9. The lowest BCUT2D eigenvalue weighted by Gasteiger charge is -2.08. The lowest BCUT2D eigenvalue weighted by atomic mass is 10.0. The zero-order valence-corrected chi connectivity index (χ0v) is 6.69. The summed E-state index contributed by atoms with van der Waals surface area (Å²) in [6.45, 7) is 3.68. The van der Waals surface area contributed by atoms with Crippen LogP contribution in [0, 0.1) is 5.92 Å². The molecule has 0 aromatic heterocycles. The number of Topliss-reactive ketones (excluding diaryl/α,β-unsaturated/α-hetero) is 1. The van der Waals surface area contributed by atoms with Gasteiger partial charge in [0.1, 0.15) is 0 Å². The Labute approximate surface area is 61.2 Å². The highest BCUT2D eigenvalue weighted by atomic mass is 32.1. The Bertz CT molecular complexity index is 103. The summed E-state index contributed by atoms with van der Waals surface area (Å²) < 4.78 is 0. The maximum Gasteiger partial charge on any atom is 0.152 e. The van der Waals surface area contributed by atoms with Crippen molar-refractivity contribution in [1.82, 2.24) is 0 Å². The number of hydrogen-bond donors (Lipinski definition) is 2. The van der Waals surface area contributed by atoms with Gasteiger partial charge in [-0.3, -0.25) is 4.79 Å². The molecule has 2 N–H and O–H groups in total. The van der Waals surface area contributed by atoms with Crippen LogP contribution in [0.15, 0.2) is 0 Å². The number of carbonyl (C=O) groups excluding carboxylic acids is 1. The van der Waals surface area contributed by atoms with Crippen LogP contribution in [0.3, 0.4) is 0 Å². The molecule has 3 heteroatoms.